The Bertz CT molecular complexity index is 2290. The van der Waals surface area contributed by atoms with Crippen LogP contribution in [0.25, 0.3) is 34.1 Å². The van der Waals surface area contributed by atoms with Crippen LogP contribution in [0.5, 0.6) is 0 Å². The van der Waals surface area contributed by atoms with E-state index in [1.807, 2.05) is 0 Å². The van der Waals surface area contributed by atoms with E-state index in [4.69, 9.17) is 0 Å². The van der Waals surface area contributed by atoms with Crippen molar-refractivity contribution >= 4 is 45.7 Å². The Morgan fingerprint density at radius 3 is 2.08 bits per heavy atom. The third-order valence-electron chi connectivity index (χ3n) is 11.6. The molecule has 0 amide bonds. The van der Waals surface area contributed by atoms with Crippen molar-refractivity contribution in [3.8, 4) is 11.1 Å². The largest absolute Gasteiger partial charge is 0.341 e. The first-order valence-corrected chi connectivity index (χ1v) is 18.0. The van der Waals surface area contributed by atoms with Crippen LogP contribution in [0, 0.1) is 0 Å². The lowest BCUT2D eigenvalue weighted by molar-refractivity contribution is 0.447. The van der Waals surface area contributed by atoms with Gasteiger partial charge in [-0.05, 0) is 120 Å². The van der Waals surface area contributed by atoms with E-state index >= 15 is 0 Å². The van der Waals surface area contributed by atoms with Gasteiger partial charge >= 0.3 is 0 Å². The molecule has 2 heteroatoms. The first-order valence-electron chi connectivity index (χ1n) is 18.0. The fourth-order valence-corrected chi connectivity index (χ4v) is 8.96. The summed E-state index contributed by atoms with van der Waals surface area (Å²) in [5.74, 6) is 0. The molecule has 0 unspecified atom stereocenters. The quantitative estimate of drug-likeness (QED) is 0.178. The van der Waals surface area contributed by atoms with Gasteiger partial charge in [-0.2, -0.15) is 0 Å². The second kappa shape index (κ2) is 11.2. The van der Waals surface area contributed by atoms with Crippen LogP contribution in [0.4, 0.5) is 22.7 Å². The summed E-state index contributed by atoms with van der Waals surface area (Å²) >= 11 is 0. The number of hydrogen-bond acceptors (Lipinski definition) is 2. The van der Waals surface area contributed by atoms with Gasteiger partial charge in [0.15, 0.2) is 0 Å². The molecule has 242 valence electrons. The van der Waals surface area contributed by atoms with Gasteiger partial charge < -0.3 is 9.80 Å². The zero-order valence-corrected chi connectivity index (χ0v) is 29.1. The molecule has 0 N–H and O–H groups in total. The summed E-state index contributed by atoms with van der Waals surface area (Å²) in [5.41, 5.74) is 16.2. The highest BCUT2D eigenvalue weighted by molar-refractivity contribution is 6.02. The van der Waals surface area contributed by atoms with E-state index in [1.54, 1.807) is 0 Å². The van der Waals surface area contributed by atoms with Gasteiger partial charge in [0.25, 0.3) is 0 Å². The third-order valence-corrected chi connectivity index (χ3v) is 11.6. The summed E-state index contributed by atoms with van der Waals surface area (Å²) < 4.78 is 0. The first kappa shape index (κ1) is 30.0. The number of aryl methyl sites for hydroxylation is 2. The monoisotopic (exact) mass is 636 g/mol. The van der Waals surface area contributed by atoms with Crippen molar-refractivity contribution in [2.75, 3.05) is 16.3 Å². The maximum absolute atomic E-state index is 2.58. The average Bonchev–Trinajstić information content (AvgIpc) is 3.34. The molecule has 9 rings (SSSR count). The molecule has 2 heterocycles. The van der Waals surface area contributed by atoms with E-state index in [2.05, 4.69) is 171 Å². The number of benzene rings is 6. The fourth-order valence-electron chi connectivity index (χ4n) is 8.96. The summed E-state index contributed by atoms with van der Waals surface area (Å²) in [6.45, 7) is 10.6. The number of rotatable bonds is 4. The van der Waals surface area contributed by atoms with Crippen LogP contribution in [0.1, 0.15) is 73.9 Å². The Morgan fingerprint density at radius 2 is 1.24 bits per heavy atom. The van der Waals surface area contributed by atoms with Gasteiger partial charge in [0.1, 0.15) is 0 Å². The molecule has 2 nitrogen and oxygen atoms in total. The Morgan fingerprint density at radius 1 is 0.571 bits per heavy atom. The zero-order chi connectivity index (χ0) is 33.3. The van der Waals surface area contributed by atoms with Crippen LogP contribution in [-0.4, -0.2) is 12.1 Å². The lowest BCUT2D eigenvalue weighted by atomic mass is 9.81. The SMILES string of the molecule is CC1(C)c2cc(/C=C/c3cccc4c(N5CCCc6ccccc65)cccc34)ccc2-c2ccc(N3c4ccccc4CCC3(C)C)cc21. The Balaban J connectivity index is 1.05. The standard InChI is InChI=1S/C47H44N2/c1-46(2)28-27-35-13-6-8-19-44(35)49(46)36-24-26-39-38-25-22-32(30-41(38)47(3,4)42(39)31-36)21-23-33-14-9-17-40-37(33)16-10-20-45(40)48-29-11-15-34-12-5-7-18-43(34)48/h5-10,12-14,16-26,30-31H,11,15,27-29H2,1-4H3/b23-21+. The summed E-state index contributed by atoms with van der Waals surface area (Å²) in [4.78, 5) is 5.10. The predicted molar refractivity (Wildman–Crippen MR) is 210 cm³/mol. The van der Waals surface area contributed by atoms with Gasteiger partial charge in [-0.15, -0.1) is 0 Å². The van der Waals surface area contributed by atoms with Crippen molar-refractivity contribution in [1.82, 2.24) is 0 Å². The molecule has 2 aliphatic heterocycles. The second-order valence-electron chi connectivity index (χ2n) is 15.4. The zero-order valence-electron chi connectivity index (χ0n) is 29.1. The highest BCUT2D eigenvalue weighted by atomic mass is 15.2. The van der Waals surface area contributed by atoms with Crippen molar-refractivity contribution < 1.29 is 0 Å². The lowest BCUT2D eigenvalue weighted by Gasteiger charge is -2.45. The Hall–Kier alpha value is -5.08. The summed E-state index contributed by atoms with van der Waals surface area (Å²) in [6, 6.07) is 45.6. The van der Waals surface area contributed by atoms with Gasteiger partial charge in [-0.1, -0.05) is 117 Å². The van der Waals surface area contributed by atoms with Gasteiger partial charge in [-0.3, -0.25) is 0 Å². The van der Waals surface area contributed by atoms with E-state index in [9.17, 15) is 0 Å². The molecule has 0 bridgehead atoms. The average molecular weight is 637 g/mol. The van der Waals surface area contributed by atoms with Crippen molar-refractivity contribution in [3.05, 3.63) is 155 Å². The van der Waals surface area contributed by atoms with Crippen LogP contribution in [0.2, 0.25) is 0 Å². The molecule has 0 aromatic heterocycles. The highest BCUT2D eigenvalue weighted by Gasteiger charge is 2.38. The van der Waals surface area contributed by atoms with Crippen molar-refractivity contribution in [2.24, 2.45) is 0 Å². The smallest absolute Gasteiger partial charge is 0.0490 e. The van der Waals surface area contributed by atoms with E-state index in [0.29, 0.717) is 0 Å². The third kappa shape index (κ3) is 4.83. The molecule has 0 saturated carbocycles. The van der Waals surface area contributed by atoms with Crippen LogP contribution < -0.4 is 9.80 Å². The maximum Gasteiger partial charge on any atom is 0.0490 e. The van der Waals surface area contributed by atoms with Gasteiger partial charge in [0.2, 0.25) is 0 Å². The van der Waals surface area contributed by atoms with Crippen LogP contribution >= 0.6 is 0 Å². The van der Waals surface area contributed by atoms with E-state index in [0.717, 1.165) is 25.8 Å². The molecule has 49 heavy (non-hydrogen) atoms. The van der Waals surface area contributed by atoms with Gasteiger partial charge in [0, 0.05) is 45.6 Å². The molecule has 0 saturated heterocycles. The minimum absolute atomic E-state index is 0.0524. The van der Waals surface area contributed by atoms with Crippen molar-refractivity contribution in [1.29, 1.82) is 0 Å². The summed E-state index contributed by atoms with van der Waals surface area (Å²) in [6.07, 6.45) is 9.21. The molecule has 6 aromatic rings. The molecule has 6 aromatic carbocycles. The summed E-state index contributed by atoms with van der Waals surface area (Å²) in [5, 5.41) is 2.60. The molecular weight excluding hydrogens is 593 g/mol. The molecule has 3 aliphatic rings. The highest BCUT2D eigenvalue weighted by Crippen LogP contribution is 2.52. The maximum atomic E-state index is 2.58. The molecule has 0 radical (unpaired) electrons. The number of anilines is 4. The predicted octanol–water partition coefficient (Wildman–Crippen LogP) is 12.3. The van der Waals surface area contributed by atoms with Crippen molar-refractivity contribution in [2.45, 2.75) is 64.3 Å². The Labute approximate surface area is 291 Å². The van der Waals surface area contributed by atoms with E-state index < -0.39 is 0 Å². The van der Waals surface area contributed by atoms with Gasteiger partial charge in [-0.25, -0.2) is 0 Å². The topological polar surface area (TPSA) is 6.48 Å². The van der Waals surface area contributed by atoms with Crippen LogP contribution in [0.15, 0.2) is 121 Å². The van der Waals surface area contributed by atoms with E-state index in [-0.39, 0.29) is 11.0 Å². The lowest BCUT2D eigenvalue weighted by Crippen LogP contribution is -2.44. The van der Waals surface area contributed by atoms with E-state index in [1.165, 1.54) is 84.5 Å². The van der Waals surface area contributed by atoms with Crippen LogP contribution in [-0.2, 0) is 18.3 Å². The second-order valence-corrected chi connectivity index (χ2v) is 15.4. The number of hydrogen-bond donors (Lipinski definition) is 0. The molecule has 0 atom stereocenters. The van der Waals surface area contributed by atoms with Crippen molar-refractivity contribution in [3.63, 3.8) is 0 Å². The summed E-state index contributed by atoms with van der Waals surface area (Å²) in [7, 11) is 0. The number of fused-ring (bicyclic) bond motifs is 6. The van der Waals surface area contributed by atoms with Gasteiger partial charge in [0.05, 0.1) is 0 Å². The number of nitrogens with zero attached hydrogens (tertiary/aromatic N) is 2. The van der Waals surface area contributed by atoms with Crippen LogP contribution in [0.3, 0.4) is 0 Å². The minimum Gasteiger partial charge on any atom is -0.341 e. The first-order chi connectivity index (χ1) is 23.8. The Kier molecular flexibility index (Phi) is 6.88. The number of para-hydroxylation sites is 2. The fraction of sp³-hybridized carbons (Fsp3) is 0.234. The molecular formula is C47H44N2. The molecule has 0 spiro atoms. The normalized spacial score (nSPS) is 17.1. The molecule has 1 aliphatic carbocycles. The molecule has 0 fully saturated rings. The minimum atomic E-state index is -0.0942.